The van der Waals surface area contributed by atoms with Crippen LogP contribution in [0.5, 0.6) is 0 Å². The number of benzene rings is 1. The Bertz CT molecular complexity index is 471. The van der Waals surface area contributed by atoms with Gasteiger partial charge in [0, 0.05) is 20.2 Å². The molecule has 0 bridgehead atoms. The zero-order valence-corrected chi connectivity index (χ0v) is 13.5. The van der Waals surface area contributed by atoms with Gasteiger partial charge in [0.2, 0.25) is 0 Å². The van der Waals surface area contributed by atoms with Gasteiger partial charge in [0.25, 0.3) is 0 Å². The summed E-state index contributed by atoms with van der Waals surface area (Å²) in [6.45, 7) is 6.11. The molecule has 1 aromatic carbocycles. The summed E-state index contributed by atoms with van der Waals surface area (Å²) in [6, 6.07) is 5.55. The summed E-state index contributed by atoms with van der Waals surface area (Å²) < 4.78 is 18.2. The van der Waals surface area contributed by atoms with Gasteiger partial charge >= 0.3 is 6.03 Å². The number of rotatable bonds is 6. The summed E-state index contributed by atoms with van der Waals surface area (Å²) in [5, 5.41) is 15.1. The fourth-order valence-corrected chi connectivity index (χ4v) is 1.76. The number of hydrogen-bond acceptors (Lipinski definition) is 3. The van der Waals surface area contributed by atoms with Gasteiger partial charge in [-0.25, -0.2) is 9.18 Å². The van der Waals surface area contributed by atoms with E-state index in [-0.39, 0.29) is 36.5 Å². The van der Waals surface area contributed by atoms with Crippen molar-refractivity contribution >= 4 is 6.03 Å². The Labute approximate surface area is 130 Å². The lowest BCUT2D eigenvalue weighted by atomic mass is 9.89. The highest BCUT2D eigenvalue weighted by Crippen LogP contribution is 2.18. The van der Waals surface area contributed by atoms with Gasteiger partial charge in [0.1, 0.15) is 5.82 Å². The van der Waals surface area contributed by atoms with E-state index in [0.717, 1.165) is 5.56 Å². The number of carbonyl (C=O) groups excluding carboxylic acids is 1. The third-order valence-electron chi connectivity index (χ3n) is 3.43. The Morgan fingerprint density at radius 2 is 1.77 bits per heavy atom. The molecule has 1 aromatic rings. The molecule has 0 spiro atoms. The molecule has 2 unspecified atom stereocenters. The summed E-state index contributed by atoms with van der Waals surface area (Å²) in [5.74, 6) is -0.319. The van der Waals surface area contributed by atoms with Crippen LogP contribution in [-0.4, -0.2) is 37.4 Å². The third kappa shape index (κ3) is 5.99. The molecular formula is C16H25FN2O3. The fraction of sp³-hybridized carbons (Fsp3) is 0.562. The molecule has 0 heterocycles. The highest BCUT2D eigenvalue weighted by molar-refractivity contribution is 5.73. The van der Waals surface area contributed by atoms with E-state index >= 15 is 0 Å². The molecule has 0 aliphatic rings. The first-order valence-electron chi connectivity index (χ1n) is 7.22. The topological polar surface area (TPSA) is 70.6 Å². The van der Waals surface area contributed by atoms with Crippen molar-refractivity contribution in [3.63, 3.8) is 0 Å². The van der Waals surface area contributed by atoms with E-state index in [0.29, 0.717) is 0 Å². The van der Waals surface area contributed by atoms with Crippen LogP contribution in [0.4, 0.5) is 9.18 Å². The number of aliphatic hydroxyl groups excluding tert-OH is 1. The van der Waals surface area contributed by atoms with Crippen molar-refractivity contribution in [2.45, 2.75) is 33.0 Å². The molecule has 0 saturated carbocycles. The summed E-state index contributed by atoms with van der Waals surface area (Å²) in [7, 11) is 1.52. The number of nitrogens with one attached hydrogen (secondary N) is 2. The van der Waals surface area contributed by atoms with Crippen LogP contribution < -0.4 is 10.6 Å². The molecule has 6 heteroatoms. The fourth-order valence-electron chi connectivity index (χ4n) is 1.76. The van der Waals surface area contributed by atoms with E-state index in [2.05, 4.69) is 10.6 Å². The Hall–Kier alpha value is -1.66. The van der Waals surface area contributed by atoms with Crippen LogP contribution in [0.1, 0.15) is 32.4 Å². The molecule has 0 saturated heterocycles. The van der Waals surface area contributed by atoms with Crippen LogP contribution in [0.3, 0.4) is 0 Å². The Kier molecular flexibility index (Phi) is 6.77. The quantitative estimate of drug-likeness (QED) is 0.754. The van der Waals surface area contributed by atoms with E-state index in [1.165, 1.54) is 19.2 Å². The smallest absolute Gasteiger partial charge is 0.314 e. The Morgan fingerprint density at radius 3 is 2.27 bits per heavy atom. The lowest BCUT2D eigenvalue weighted by molar-refractivity contribution is 0.0645. The highest BCUT2D eigenvalue weighted by atomic mass is 19.1. The van der Waals surface area contributed by atoms with E-state index in [9.17, 15) is 14.3 Å². The number of urea groups is 1. The van der Waals surface area contributed by atoms with Gasteiger partial charge in [-0.1, -0.05) is 32.9 Å². The largest absolute Gasteiger partial charge is 0.391 e. The maximum atomic E-state index is 12.9. The van der Waals surface area contributed by atoms with Gasteiger partial charge in [-0.2, -0.15) is 0 Å². The predicted octanol–water partition coefficient (Wildman–Crippen LogP) is 2.22. The van der Waals surface area contributed by atoms with Crippen molar-refractivity contribution in [3.05, 3.63) is 35.6 Å². The second kappa shape index (κ2) is 8.10. The van der Waals surface area contributed by atoms with E-state index < -0.39 is 6.10 Å². The molecule has 0 aliphatic carbocycles. The van der Waals surface area contributed by atoms with Crippen LogP contribution in [0.15, 0.2) is 24.3 Å². The number of halogens is 1. The van der Waals surface area contributed by atoms with Crippen molar-refractivity contribution in [2.75, 3.05) is 20.2 Å². The molecule has 2 amide bonds. The average Bonchev–Trinajstić information content (AvgIpc) is 2.46. The minimum atomic E-state index is -0.631. The number of hydrogen-bond donors (Lipinski definition) is 3. The van der Waals surface area contributed by atoms with Crippen LogP contribution in [0.2, 0.25) is 0 Å². The minimum Gasteiger partial charge on any atom is -0.391 e. The second-order valence-electron chi connectivity index (χ2n) is 6.25. The van der Waals surface area contributed by atoms with Crippen molar-refractivity contribution in [1.82, 2.24) is 10.6 Å². The Balaban J connectivity index is 2.43. The zero-order chi connectivity index (χ0) is 16.8. The molecule has 0 radical (unpaired) electrons. The standard InChI is InChI=1S/C16H25FN2O3/c1-16(2,3)14(20)10-19-15(21)18-9-13(22-4)11-5-7-12(17)8-6-11/h5-8,13-14,20H,9-10H2,1-4H3,(H2,18,19,21). The molecule has 0 aromatic heterocycles. The van der Waals surface area contributed by atoms with Gasteiger partial charge in [-0.05, 0) is 23.1 Å². The van der Waals surface area contributed by atoms with Crippen molar-refractivity contribution in [2.24, 2.45) is 5.41 Å². The zero-order valence-electron chi connectivity index (χ0n) is 13.5. The van der Waals surface area contributed by atoms with Crippen LogP contribution in [0, 0.1) is 11.2 Å². The first-order valence-corrected chi connectivity index (χ1v) is 7.22. The molecule has 0 fully saturated rings. The molecule has 5 nitrogen and oxygen atoms in total. The summed E-state index contributed by atoms with van der Waals surface area (Å²) >= 11 is 0. The molecule has 0 aliphatic heterocycles. The van der Waals surface area contributed by atoms with Gasteiger partial charge in [0.15, 0.2) is 0 Å². The maximum absolute atomic E-state index is 12.9. The molecule has 22 heavy (non-hydrogen) atoms. The van der Waals surface area contributed by atoms with Gasteiger partial charge in [-0.3, -0.25) is 0 Å². The van der Waals surface area contributed by atoms with Crippen LogP contribution in [0.25, 0.3) is 0 Å². The number of methoxy groups -OCH3 is 1. The van der Waals surface area contributed by atoms with Crippen molar-refractivity contribution in [3.8, 4) is 0 Å². The first kappa shape index (κ1) is 18.4. The van der Waals surface area contributed by atoms with Gasteiger partial charge in [0.05, 0.1) is 12.2 Å². The number of aliphatic hydroxyl groups is 1. The lowest BCUT2D eigenvalue weighted by Crippen LogP contribution is -2.44. The maximum Gasteiger partial charge on any atom is 0.314 e. The highest BCUT2D eigenvalue weighted by Gasteiger charge is 2.22. The molecule has 3 N–H and O–H groups in total. The van der Waals surface area contributed by atoms with Crippen molar-refractivity contribution < 1.29 is 19.0 Å². The molecule has 1 rings (SSSR count). The second-order valence-corrected chi connectivity index (χ2v) is 6.25. The average molecular weight is 312 g/mol. The Morgan fingerprint density at radius 1 is 1.23 bits per heavy atom. The minimum absolute atomic E-state index is 0.170. The number of ether oxygens (including phenoxy) is 1. The van der Waals surface area contributed by atoms with Crippen molar-refractivity contribution in [1.29, 1.82) is 0 Å². The summed E-state index contributed by atoms with van der Waals surface area (Å²) in [5.41, 5.74) is 0.482. The van der Waals surface area contributed by atoms with E-state index in [1.54, 1.807) is 12.1 Å². The van der Waals surface area contributed by atoms with E-state index in [1.807, 2.05) is 20.8 Å². The van der Waals surface area contributed by atoms with E-state index in [4.69, 9.17) is 4.74 Å². The summed E-state index contributed by atoms with van der Waals surface area (Å²) in [4.78, 5) is 11.7. The first-order chi connectivity index (χ1) is 10.2. The summed E-state index contributed by atoms with van der Waals surface area (Å²) in [6.07, 6.45) is -0.993. The monoisotopic (exact) mass is 312 g/mol. The van der Waals surface area contributed by atoms with Gasteiger partial charge in [-0.15, -0.1) is 0 Å². The third-order valence-corrected chi connectivity index (χ3v) is 3.43. The molecule has 124 valence electrons. The number of carbonyl (C=O) groups is 1. The lowest BCUT2D eigenvalue weighted by Gasteiger charge is -2.26. The normalized spacial score (nSPS) is 14.3. The molecule has 2 atom stereocenters. The molecular weight excluding hydrogens is 287 g/mol. The predicted molar refractivity (Wildman–Crippen MR) is 83.0 cm³/mol. The van der Waals surface area contributed by atoms with Crippen LogP contribution in [-0.2, 0) is 4.74 Å². The van der Waals surface area contributed by atoms with Crippen LogP contribution >= 0.6 is 0 Å². The van der Waals surface area contributed by atoms with Gasteiger partial charge < -0.3 is 20.5 Å². The number of amides is 2. The SMILES string of the molecule is COC(CNC(=O)NCC(O)C(C)(C)C)c1ccc(F)cc1.